The average Bonchev–Trinajstić information content (AvgIpc) is 3.11. The highest BCUT2D eigenvalue weighted by Gasteiger charge is 2.38. The molecule has 0 saturated carbocycles. The van der Waals surface area contributed by atoms with Gasteiger partial charge in [0.2, 0.25) is 5.78 Å². The van der Waals surface area contributed by atoms with E-state index >= 15 is 0 Å². The Labute approximate surface area is 117 Å². The molecule has 0 bridgehead atoms. The molecule has 96 valence electrons. The van der Waals surface area contributed by atoms with Gasteiger partial charge < -0.3 is 10.4 Å². The Hall–Kier alpha value is -1.92. The molecule has 0 saturated heterocycles. The molecule has 1 aliphatic rings. The normalized spacial score (nSPS) is 18.7. The van der Waals surface area contributed by atoms with E-state index in [0.717, 1.165) is 4.88 Å². The van der Waals surface area contributed by atoms with E-state index in [9.17, 15) is 14.7 Å². The van der Waals surface area contributed by atoms with Crippen molar-refractivity contribution in [3.05, 3.63) is 56.1 Å². The molecule has 0 unspecified atom stereocenters. The number of ketones is 1. The second kappa shape index (κ2) is 4.64. The molecule has 1 aliphatic heterocycles. The minimum Gasteiger partial charge on any atom is -0.503 e. The number of nitrogens with one attached hydrogen (secondary N) is 1. The maximum absolute atomic E-state index is 12.4. The van der Waals surface area contributed by atoms with Crippen molar-refractivity contribution in [1.29, 1.82) is 0 Å². The van der Waals surface area contributed by atoms with E-state index in [2.05, 4.69) is 5.32 Å². The number of rotatable bonds is 3. The molecule has 4 nitrogen and oxygen atoms in total. The van der Waals surface area contributed by atoms with Crippen LogP contribution in [0.4, 0.5) is 0 Å². The Balaban J connectivity index is 2.05. The van der Waals surface area contributed by atoms with Gasteiger partial charge in [0, 0.05) is 4.88 Å². The molecule has 1 amide bonds. The van der Waals surface area contributed by atoms with E-state index in [1.54, 1.807) is 17.5 Å². The van der Waals surface area contributed by atoms with E-state index < -0.39 is 17.7 Å². The lowest BCUT2D eigenvalue weighted by Crippen LogP contribution is -2.22. The number of Topliss-reactive ketones (excluding diaryl/α,β-unsaturated/α-hetero) is 1. The van der Waals surface area contributed by atoms with Crippen LogP contribution in [0.25, 0.3) is 0 Å². The number of carbonyl (C=O) groups is 2. The van der Waals surface area contributed by atoms with E-state index in [1.165, 1.54) is 22.7 Å². The van der Waals surface area contributed by atoms with Crippen LogP contribution >= 0.6 is 22.7 Å². The summed E-state index contributed by atoms with van der Waals surface area (Å²) in [7, 11) is 0. The predicted octanol–water partition coefficient (Wildman–Crippen LogP) is 2.68. The Morgan fingerprint density at radius 3 is 2.58 bits per heavy atom. The molecule has 2 N–H and O–H groups in total. The molecule has 0 radical (unpaired) electrons. The zero-order chi connectivity index (χ0) is 13.4. The molecule has 0 aliphatic carbocycles. The van der Waals surface area contributed by atoms with Gasteiger partial charge in [0.1, 0.15) is 0 Å². The molecular formula is C13H9NO3S2. The highest BCUT2D eigenvalue weighted by molar-refractivity contribution is 7.12. The molecule has 6 heteroatoms. The van der Waals surface area contributed by atoms with E-state index in [0.29, 0.717) is 4.88 Å². The lowest BCUT2D eigenvalue weighted by atomic mass is 10.0. The molecule has 2 aromatic rings. The van der Waals surface area contributed by atoms with Crippen molar-refractivity contribution in [2.24, 2.45) is 0 Å². The topological polar surface area (TPSA) is 66.4 Å². The molecule has 3 rings (SSSR count). The zero-order valence-electron chi connectivity index (χ0n) is 9.62. The molecule has 0 aromatic carbocycles. The van der Waals surface area contributed by atoms with Gasteiger partial charge in [-0.2, -0.15) is 0 Å². The van der Waals surface area contributed by atoms with Crippen LogP contribution in [0.1, 0.15) is 20.6 Å². The second-order valence-corrected chi connectivity index (χ2v) is 5.92. The van der Waals surface area contributed by atoms with Crippen molar-refractivity contribution in [2.45, 2.75) is 6.04 Å². The number of hydrogen-bond acceptors (Lipinski definition) is 5. The van der Waals surface area contributed by atoms with Gasteiger partial charge in [-0.15, -0.1) is 22.7 Å². The van der Waals surface area contributed by atoms with E-state index in [1.807, 2.05) is 17.5 Å². The Kier molecular flexibility index (Phi) is 2.96. The number of aliphatic hydroxyl groups excluding tert-OH is 1. The number of amides is 1. The zero-order valence-corrected chi connectivity index (χ0v) is 11.3. The highest BCUT2D eigenvalue weighted by atomic mass is 32.1. The maximum Gasteiger partial charge on any atom is 0.287 e. The summed E-state index contributed by atoms with van der Waals surface area (Å²) < 4.78 is 0. The number of carbonyl (C=O) groups excluding carboxylic acids is 2. The standard InChI is InChI=1S/C13H9NO3S2/c15-11(8-4-2-6-19-8)9-10(7-3-1-5-18-7)14-13(17)12(9)16/h1-6,10,16H,(H,14,17)/t10-/m0/s1. The molecule has 2 aromatic heterocycles. The summed E-state index contributed by atoms with van der Waals surface area (Å²) in [5.74, 6) is -1.38. The van der Waals surface area contributed by atoms with Crippen LogP contribution in [0, 0.1) is 0 Å². The van der Waals surface area contributed by atoms with Gasteiger partial charge in [-0.25, -0.2) is 0 Å². The molecular weight excluding hydrogens is 282 g/mol. The molecule has 0 fully saturated rings. The van der Waals surface area contributed by atoms with Crippen LogP contribution in [0.2, 0.25) is 0 Å². The Morgan fingerprint density at radius 1 is 1.21 bits per heavy atom. The third-order valence-corrected chi connectivity index (χ3v) is 4.66. The monoisotopic (exact) mass is 291 g/mol. The van der Waals surface area contributed by atoms with Crippen molar-refractivity contribution in [2.75, 3.05) is 0 Å². The van der Waals surface area contributed by atoms with E-state index in [4.69, 9.17) is 0 Å². The van der Waals surface area contributed by atoms with Crippen molar-refractivity contribution in [3.8, 4) is 0 Å². The van der Waals surface area contributed by atoms with Crippen molar-refractivity contribution >= 4 is 34.4 Å². The second-order valence-electron chi connectivity index (χ2n) is 3.99. The predicted molar refractivity (Wildman–Crippen MR) is 73.5 cm³/mol. The van der Waals surface area contributed by atoms with Gasteiger partial charge in [-0.1, -0.05) is 12.1 Å². The fourth-order valence-corrected chi connectivity index (χ4v) is 3.44. The third-order valence-electron chi connectivity index (χ3n) is 2.85. The van der Waals surface area contributed by atoms with Crippen molar-refractivity contribution < 1.29 is 14.7 Å². The first-order valence-electron chi connectivity index (χ1n) is 5.54. The Morgan fingerprint density at radius 2 is 1.95 bits per heavy atom. The van der Waals surface area contributed by atoms with Crippen molar-refractivity contribution in [3.63, 3.8) is 0 Å². The third kappa shape index (κ3) is 1.98. The highest BCUT2D eigenvalue weighted by Crippen LogP contribution is 2.34. The number of hydrogen-bond donors (Lipinski definition) is 2. The van der Waals surface area contributed by atoms with Gasteiger partial charge in [0.05, 0.1) is 16.5 Å². The van der Waals surface area contributed by atoms with Crippen LogP contribution in [0.15, 0.2) is 46.4 Å². The largest absolute Gasteiger partial charge is 0.503 e. The molecule has 0 spiro atoms. The Bertz CT molecular complexity index is 656. The summed E-state index contributed by atoms with van der Waals surface area (Å²) in [5, 5.41) is 16.1. The fraction of sp³-hybridized carbons (Fsp3) is 0.0769. The first-order valence-corrected chi connectivity index (χ1v) is 7.30. The summed E-state index contributed by atoms with van der Waals surface area (Å²) in [4.78, 5) is 25.3. The fourth-order valence-electron chi connectivity index (χ4n) is 1.98. The summed E-state index contributed by atoms with van der Waals surface area (Å²) >= 11 is 2.72. The first-order chi connectivity index (χ1) is 9.18. The SMILES string of the molecule is O=C1N[C@@H](c2cccs2)C(C(=O)c2cccs2)=C1O. The molecule has 3 heterocycles. The first kappa shape index (κ1) is 12.1. The molecule has 19 heavy (non-hydrogen) atoms. The summed E-state index contributed by atoms with van der Waals surface area (Å²) in [6.45, 7) is 0. The quantitative estimate of drug-likeness (QED) is 0.854. The van der Waals surface area contributed by atoms with Gasteiger partial charge in [0.25, 0.3) is 5.91 Å². The summed E-state index contributed by atoms with van der Waals surface area (Å²) in [5.41, 5.74) is 0.134. The van der Waals surface area contributed by atoms with Crippen LogP contribution in [-0.4, -0.2) is 16.8 Å². The van der Waals surface area contributed by atoms with Gasteiger partial charge in [-0.05, 0) is 22.9 Å². The minimum absolute atomic E-state index is 0.134. The van der Waals surface area contributed by atoms with Crippen LogP contribution < -0.4 is 5.32 Å². The lowest BCUT2D eigenvalue weighted by molar-refractivity contribution is -0.119. The maximum atomic E-state index is 12.4. The van der Waals surface area contributed by atoms with Crippen LogP contribution in [-0.2, 0) is 4.79 Å². The van der Waals surface area contributed by atoms with Crippen molar-refractivity contribution in [1.82, 2.24) is 5.32 Å². The summed E-state index contributed by atoms with van der Waals surface area (Å²) in [6.07, 6.45) is 0. The average molecular weight is 291 g/mol. The summed E-state index contributed by atoms with van der Waals surface area (Å²) in [6, 6.07) is 6.56. The lowest BCUT2D eigenvalue weighted by Gasteiger charge is -2.11. The van der Waals surface area contributed by atoms with Gasteiger partial charge >= 0.3 is 0 Å². The van der Waals surface area contributed by atoms with Crippen LogP contribution in [0.5, 0.6) is 0 Å². The number of thiophene rings is 2. The molecule has 1 atom stereocenters. The minimum atomic E-state index is -0.599. The smallest absolute Gasteiger partial charge is 0.287 e. The van der Waals surface area contributed by atoms with E-state index in [-0.39, 0.29) is 11.4 Å². The van der Waals surface area contributed by atoms with Gasteiger partial charge in [0.15, 0.2) is 5.76 Å². The number of aliphatic hydroxyl groups is 1. The van der Waals surface area contributed by atoms with Gasteiger partial charge in [-0.3, -0.25) is 9.59 Å². The van der Waals surface area contributed by atoms with Crippen LogP contribution in [0.3, 0.4) is 0 Å².